The molecule has 42 heavy (non-hydrogen) atoms. The van der Waals surface area contributed by atoms with Crippen LogP contribution < -0.4 is 139 Å². The van der Waals surface area contributed by atoms with Crippen LogP contribution in [0, 0.1) is 0 Å². The first-order valence-electron chi connectivity index (χ1n) is 10.8. The van der Waals surface area contributed by atoms with Gasteiger partial charge in [0.25, 0.3) is 0 Å². The Morgan fingerprint density at radius 3 is 1.45 bits per heavy atom. The molecule has 0 saturated carbocycles. The largest absolute Gasteiger partial charge is 1.00 e. The number of carboxylic acid groups (broad SMARTS) is 4. The van der Waals surface area contributed by atoms with Crippen LogP contribution in [0.25, 0.3) is 33.4 Å². The number of carbonyl (C=O) groups is 4. The summed E-state index contributed by atoms with van der Waals surface area (Å²) in [6, 6.07) is 14.6. The molecule has 0 aromatic heterocycles. The zero-order chi connectivity index (χ0) is 27.7. The number of carboxylic acids is 4. The second kappa shape index (κ2) is 17.0. The fourth-order valence-corrected chi connectivity index (χ4v) is 4.37. The molecule has 14 heteroatoms. The topological polar surface area (TPSA) is 201 Å². The van der Waals surface area contributed by atoms with Gasteiger partial charge in [0, 0.05) is 33.4 Å². The second-order valence-electron chi connectivity index (χ2n) is 8.04. The average Bonchev–Trinajstić information content (AvgIpc) is 2.87. The van der Waals surface area contributed by atoms with E-state index in [1.165, 1.54) is 54.6 Å². The van der Waals surface area contributed by atoms with Crippen molar-refractivity contribution in [2.75, 3.05) is 0 Å². The molecule has 0 atom stereocenters. The number of phenols is 2. The maximum atomic E-state index is 12.1. The van der Waals surface area contributed by atoms with E-state index in [4.69, 9.17) is 0 Å². The van der Waals surface area contributed by atoms with Crippen molar-refractivity contribution in [1.29, 1.82) is 0 Å². The Morgan fingerprint density at radius 1 is 0.500 bits per heavy atom. The molecule has 4 rings (SSSR count). The minimum Gasteiger partial charge on any atom is -0.545 e. The molecule has 190 valence electrons. The van der Waals surface area contributed by atoms with Crippen molar-refractivity contribution in [3.8, 4) is 44.9 Å². The van der Waals surface area contributed by atoms with Crippen molar-refractivity contribution in [3.05, 3.63) is 95.1 Å². The van der Waals surface area contributed by atoms with E-state index in [-0.39, 0.29) is 157 Å². The summed E-state index contributed by atoms with van der Waals surface area (Å²) in [5.74, 6) is -8.19. The Labute approximate surface area is 327 Å². The summed E-state index contributed by atoms with van der Waals surface area (Å²) < 4.78 is 0. The Bertz CT molecular complexity index is 1670. The summed E-state index contributed by atoms with van der Waals surface area (Å²) in [6.07, 6.45) is 0. The third kappa shape index (κ3) is 8.09. The SMILES string of the molecule is O=C([O-])c1cccc(-c2ccc(O)c(-c3cccc(C(=O)[O-])c3C(=O)[O-])c2-c2cccc(O)c2)c1C(=O)[O-].[Na+].[Na+].[Na+].[Na+]. The average molecular weight is 602 g/mol. The van der Waals surface area contributed by atoms with Crippen LogP contribution in [0.4, 0.5) is 0 Å². The van der Waals surface area contributed by atoms with Gasteiger partial charge >= 0.3 is 118 Å². The molecule has 0 aliphatic carbocycles. The molecule has 0 bridgehead atoms. The van der Waals surface area contributed by atoms with Crippen LogP contribution in [-0.4, -0.2) is 34.1 Å². The molecular weight excluding hydrogens is 588 g/mol. The molecule has 0 saturated heterocycles. The quantitative estimate of drug-likeness (QED) is 0.191. The van der Waals surface area contributed by atoms with Crippen LogP contribution >= 0.6 is 0 Å². The van der Waals surface area contributed by atoms with Crippen molar-refractivity contribution >= 4 is 23.9 Å². The molecule has 0 aliphatic heterocycles. The van der Waals surface area contributed by atoms with Gasteiger partial charge in [0.05, 0.1) is 23.9 Å². The van der Waals surface area contributed by atoms with Crippen LogP contribution in [0.15, 0.2) is 72.8 Å². The predicted octanol–water partition coefficient (Wildman–Crippen LogP) is -12.4. The minimum absolute atomic E-state index is 0. The number of rotatable bonds is 7. The van der Waals surface area contributed by atoms with Gasteiger partial charge in [0.1, 0.15) is 11.5 Å². The molecule has 0 fully saturated rings. The number of benzene rings is 4. The van der Waals surface area contributed by atoms with Gasteiger partial charge in [-0.15, -0.1) is 0 Å². The molecule has 0 aliphatic rings. The molecule has 0 spiro atoms. The summed E-state index contributed by atoms with van der Waals surface area (Å²) in [5.41, 5.74) is -3.76. The molecule has 4 aromatic carbocycles. The van der Waals surface area contributed by atoms with Crippen LogP contribution in [0.5, 0.6) is 11.5 Å². The van der Waals surface area contributed by atoms with Gasteiger partial charge in [-0.1, -0.05) is 54.6 Å². The van der Waals surface area contributed by atoms with Gasteiger partial charge in [-0.25, -0.2) is 0 Å². The molecule has 0 amide bonds. The Morgan fingerprint density at radius 2 is 0.976 bits per heavy atom. The Kier molecular flexibility index (Phi) is 16.3. The molecule has 10 nitrogen and oxygen atoms in total. The van der Waals surface area contributed by atoms with Crippen LogP contribution in [0.2, 0.25) is 0 Å². The van der Waals surface area contributed by atoms with E-state index in [9.17, 15) is 49.8 Å². The molecular formula is C28H14Na4O10. The van der Waals surface area contributed by atoms with Crippen molar-refractivity contribution < 1.29 is 168 Å². The van der Waals surface area contributed by atoms with E-state index in [1.54, 1.807) is 0 Å². The van der Waals surface area contributed by atoms with Crippen LogP contribution in [0.3, 0.4) is 0 Å². The Hall–Kier alpha value is -1.64. The fraction of sp³-hybridized carbons (Fsp3) is 0. The third-order valence-corrected chi connectivity index (χ3v) is 5.85. The van der Waals surface area contributed by atoms with Gasteiger partial charge < -0.3 is 49.8 Å². The number of aromatic carboxylic acids is 4. The van der Waals surface area contributed by atoms with E-state index in [0.717, 1.165) is 18.2 Å². The Balaban J connectivity index is 0.00000420. The molecule has 0 heterocycles. The molecule has 0 radical (unpaired) electrons. The van der Waals surface area contributed by atoms with Gasteiger partial charge in [-0.2, -0.15) is 0 Å². The van der Waals surface area contributed by atoms with Crippen molar-refractivity contribution in [1.82, 2.24) is 0 Å². The van der Waals surface area contributed by atoms with Gasteiger partial charge in [0.2, 0.25) is 0 Å². The number of aromatic hydroxyl groups is 2. The fourth-order valence-electron chi connectivity index (χ4n) is 4.37. The van der Waals surface area contributed by atoms with Gasteiger partial charge in [-0.05, 0) is 40.5 Å². The number of hydrogen-bond donors (Lipinski definition) is 2. The maximum Gasteiger partial charge on any atom is 1.00 e. The zero-order valence-corrected chi connectivity index (χ0v) is 31.1. The van der Waals surface area contributed by atoms with Crippen LogP contribution in [-0.2, 0) is 0 Å². The first-order valence-corrected chi connectivity index (χ1v) is 10.8. The molecule has 0 unspecified atom stereocenters. The summed E-state index contributed by atoms with van der Waals surface area (Å²) >= 11 is 0. The first kappa shape index (κ1) is 40.4. The van der Waals surface area contributed by atoms with Crippen LogP contribution in [0.1, 0.15) is 41.4 Å². The number of hydrogen-bond acceptors (Lipinski definition) is 10. The molecule has 2 N–H and O–H groups in total. The third-order valence-electron chi connectivity index (χ3n) is 5.85. The van der Waals surface area contributed by atoms with E-state index in [2.05, 4.69) is 0 Å². The smallest absolute Gasteiger partial charge is 0.545 e. The summed E-state index contributed by atoms with van der Waals surface area (Å²) in [5, 5.41) is 68.5. The summed E-state index contributed by atoms with van der Waals surface area (Å²) in [4.78, 5) is 47.5. The maximum absolute atomic E-state index is 12.1. The standard InChI is InChI=1S/C28H18O10.4Na/c29-14-5-1-4-13(12-14)21-16(15-6-2-8-18(25(31)32)22(15)27(35)36)10-11-20(30)24(21)17-7-3-9-19(26(33)34)23(17)28(37)38;;;;/h1-12,29-30H,(H,31,32)(H,33,34)(H,35,36)(H,37,38);;;;/q;4*+1/p-4. The summed E-state index contributed by atoms with van der Waals surface area (Å²) in [6.45, 7) is 0. The van der Waals surface area contributed by atoms with E-state index < -0.39 is 51.9 Å². The van der Waals surface area contributed by atoms with Crippen molar-refractivity contribution in [2.45, 2.75) is 0 Å². The van der Waals surface area contributed by atoms with Crippen molar-refractivity contribution in [3.63, 3.8) is 0 Å². The number of carbonyl (C=O) groups excluding carboxylic acids is 4. The van der Waals surface area contributed by atoms with E-state index >= 15 is 0 Å². The predicted molar refractivity (Wildman–Crippen MR) is 123 cm³/mol. The normalized spacial score (nSPS) is 9.62. The minimum atomic E-state index is -1.90. The molecule has 4 aromatic rings. The van der Waals surface area contributed by atoms with Gasteiger partial charge in [0.15, 0.2) is 0 Å². The number of phenolic OH excluding ortho intramolecular Hbond substituents is 2. The summed E-state index contributed by atoms with van der Waals surface area (Å²) in [7, 11) is 0. The van der Waals surface area contributed by atoms with Crippen molar-refractivity contribution in [2.24, 2.45) is 0 Å². The monoisotopic (exact) mass is 602 g/mol. The van der Waals surface area contributed by atoms with E-state index in [1.807, 2.05) is 0 Å². The van der Waals surface area contributed by atoms with E-state index in [0.29, 0.717) is 0 Å². The van der Waals surface area contributed by atoms with Gasteiger partial charge in [-0.3, -0.25) is 0 Å². The zero-order valence-electron chi connectivity index (χ0n) is 23.1. The first-order chi connectivity index (χ1) is 18.0. The second-order valence-corrected chi connectivity index (χ2v) is 8.04.